The molecule has 0 aliphatic carbocycles. The van der Waals surface area contributed by atoms with Gasteiger partial charge in [-0.05, 0) is 18.6 Å². The van der Waals surface area contributed by atoms with E-state index in [-0.39, 0.29) is 0 Å². The Morgan fingerprint density at radius 1 is 1.39 bits per heavy atom. The van der Waals surface area contributed by atoms with Crippen molar-refractivity contribution in [2.24, 2.45) is 0 Å². The van der Waals surface area contributed by atoms with E-state index in [1.165, 1.54) is 0 Å². The zero-order valence-electron chi connectivity index (χ0n) is 10.7. The molecule has 4 nitrogen and oxygen atoms in total. The van der Waals surface area contributed by atoms with Crippen LogP contribution in [0.4, 0.5) is 0 Å². The third-order valence-corrected chi connectivity index (χ3v) is 2.94. The second kappa shape index (κ2) is 5.69. The van der Waals surface area contributed by atoms with Crippen LogP contribution in [0.3, 0.4) is 0 Å². The van der Waals surface area contributed by atoms with Crippen LogP contribution in [-0.2, 0) is 13.0 Å². The molecule has 0 bridgehead atoms. The summed E-state index contributed by atoms with van der Waals surface area (Å²) in [6.07, 6.45) is 3.72. The summed E-state index contributed by atoms with van der Waals surface area (Å²) < 4.78 is 7.10. The van der Waals surface area contributed by atoms with E-state index in [0.717, 1.165) is 17.7 Å². The Balaban J connectivity index is 2.13. The highest BCUT2D eigenvalue weighted by Crippen LogP contribution is 2.26. The van der Waals surface area contributed by atoms with Gasteiger partial charge >= 0.3 is 0 Å². The number of aliphatic hydroxyl groups excluding tert-OH is 1. The molecule has 0 spiro atoms. The summed E-state index contributed by atoms with van der Waals surface area (Å²) in [5.41, 5.74) is 1.83. The van der Waals surface area contributed by atoms with Crippen molar-refractivity contribution in [1.82, 2.24) is 9.78 Å². The molecule has 1 atom stereocenters. The van der Waals surface area contributed by atoms with Crippen molar-refractivity contribution in [1.29, 1.82) is 0 Å². The van der Waals surface area contributed by atoms with Gasteiger partial charge in [0.25, 0.3) is 0 Å². The van der Waals surface area contributed by atoms with Crippen molar-refractivity contribution in [3.05, 3.63) is 47.8 Å². The Labute approximate surface area is 107 Å². The number of nitrogens with zero attached hydrogens (tertiary/aromatic N) is 2. The van der Waals surface area contributed by atoms with Crippen LogP contribution in [-0.4, -0.2) is 22.0 Å². The molecular formula is C14H18N2O2. The molecule has 2 aromatic rings. The quantitative estimate of drug-likeness (QED) is 0.879. The lowest BCUT2D eigenvalue weighted by molar-refractivity contribution is 0.174. The molecule has 0 saturated carbocycles. The normalized spacial score (nSPS) is 12.4. The van der Waals surface area contributed by atoms with Crippen molar-refractivity contribution in [2.75, 3.05) is 7.11 Å². The van der Waals surface area contributed by atoms with Gasteiger partial charge in [0.05, 0.1) is 19.4 Å². The number of para-hydroxylation sites is 1. The van der Waals surface area contributed by atoms with Gasteiger partial charge in [-0.1, -0.05) is 18.2 Å². The van der Waals surface area contributed by atoms with E-state index >= 15 is 0 Å². The number of methoxy groups -OCH3 is 1. The van der Waals surface area contributed by atoms with Gasteiger partial charge < -0.3 is 9.84 Å². The Hall–Kier alpha value is -1.81. The molecule has 0 fully saturated rings. The van der Waals surface area contributed by atoms with Gasteiger partial charge in [0, 0.05) is 24.7 Å². The van der Waals surface area contributed by atoms with Crippen LogP contribution in [0.25, 0.3) is 0 Å². The van der Waals surface area contributed by atoms with Crippen LogP contribution in [0.1, 0.15) is 24.2 Å². The minimum Gasteiger partial charge on any atom is -0.496 e. The van der Waals surface area contributed by atoms with Gasteiger partial charge in [0.1, 0.15) is 5.75 Å². The fourth-order valence-corrected chi connectivity index (χ4v) is 1.96. The van der Waals surface area contributed by atoms with Gasteiger partial charge in [-0.2, -0.15) is 5.10 Å². The Morgan fingerprint density at radius 2 is 2.17 bits per heavy atom. The average molecular weight is 246 g/mol. The van der Waals surface area contributed by atoms with Gasteiger partial charge in [-0.3, -0.25) is 4.68 Å². The fraction of sp³-hybridized carbons (Fsp3) is 0.357. The third kappa shape index (κ3) is 2.71. The molecule has 96 valence electrons. The minimum atomic E-state index is -0.573. The van der Waals surface area contributed by atoms with Crippen molar-refractivity contribution in [3.8, 4) is 5.75 Å². The molecule has 1 heterocycles. The van der Waals surface area contributed by atoms with E-state index in [9.17, 15) is 5.11 Å². The minimum absolute atomic E-state index is 0.542. The maximum atomic E-state index is 10.3. The number of aliphatic hydroxyl groups is 1. The number of aryl methyl sites for hydroxylation is 1. The first-order valence-corrected chi connectivity index (χ1v) is 6.07. The zero-order valence-corrected chi connectivity index (χ0v) is 10.7. The number of hydrogen-bond donors (Lipinski definition) is 1. The molecule has 1 aromatic heterocycles. The molecule has 18 heavy (non-hydrogen) atoms. The summed E-state index contributed by atoms with van der Waals surface area (Å²) >= 11 is 0. The van der Waals surface area contributed by atoms with Gasteiger partial charge in [0.2, 0.25) is 0 Å². The molecule has 2 rings (SSSR count). The summed E-state index contributed by atoms with van der Waals surface area (Å²) in [6, 6.07) is 7.53. The standard InChI is InChI=1S/C14H18N2O2/c1-3-16-10-11(9-15-16)8-13(17)12-6-4-5-7-14(12)18-2/h4-7,9-10,13,17H,3,8H2,1-2H3. The van der Waals surface area contributed by atoms with Crippen LogP contribution in [0.5, 0.6) is 5.75 Å². The highest BCUT2D eigenvalue weighted by Gasteiger charge is 2.14. The first-order chi connectivity index (χ1) is 8.74. The Morgan fingerprint density at radius 3 is 2.83 bits per heavy atom. The smallest absolute Gasteiger partial charge is 0.124 e. The summed E-state index contributed by atoms with van der Waals surface area (Å²) in [5.74, 6) is 0.716. The molecule has 1 aromatic carbocycles. The van der Waals surface area contributed by atoms with Crippen LogP contribution in [0, 0.1) is 0 Å². The third-order valence-electron chi connectivity index (χ3n) is 2.94. The summed E-state index contributed by atoms with van der Waals surface area (Å²) in [7, 11) is 1.61. The van der Waals surface area contributed by atoms with Crippen LogP contribution >= 0.6 is 0 Å². The highest BCUT2D eigenvalue weighted by atomic mass is 16.5. The predicted molar refractivity (Wildman–Crippen MR) is 69.6 cm³/mol. The monoisotopic (exact) mass is 246 g/mol. The first-order valence-electron chi connectivity index (χ1n) is 6.07. The van der Waals surface area contributed by atoms with E-state index in [2.05, 4.69) is 5.10 Å². The molecule has 0 radical (unpaired) electrons. The predicted octanol–water partition coefficient (Wildman–Crippen LogP) is 2.19. The number of hydrogen-bond acceptors (Lipinski definition) is 3. The van der Waals surface area contributed by atoms with E-state index in [4.69, 9.17) is 4.74 Å². The van der Waals surface area contributed by atoms with Crippen LogP contribution < -0.4 is 4.74 Å². The first kappa shape index (κ1) is 12.6. The zero-order chi connectivity index (χ0) is 13.0. The molecule has 0 aliphatic rings. The molecule has 0 aliphatic heterocycles. The van der Waals surface area contributed by atoms with Crippen LogP contribution in [0.2, 0.25) is 0 Å². The van der Waals surface area contributed by atoms with Gasteiger partial charge in [-0.25, -0.2) is 0 Å². The van der Waals surface area contributed by atoms with E-state index in [1.807, 2.05) is 42.1 Å². The molecule has 0 amide bonds. The maximum Gasteiger partial charge on any atom is 0.124 e. The SMILES string of the molecule is CCn1cc(CC(O)c2ccccc2OC)cn1. The largest absolute Gasteiger partial charge is 0.496 e. The van der Waals surface area contributed by atoms with Crippen molar-refractivity contribution < 1.29 is 9.84 Å². The topological polar surface area (TPSA) is 47.3 Å². The fourth-order valence-electron chi connectivity index (χ4n) is 1.96. The number of ether oxygens (including phenoxy) is 1. The highest BCUT2D eigenvalue weighted by molar-refractivity contribution is 5.35. The second-order valence-electron chi connectivity index (χ2n) is 4.17. The van der Waals surface area contributed by atoms with Gasteiger partial charge in [0.15, 0.2) is 0 Å². The molecular weight excluding hydrogens is 228 g/mol. The Bertz CT molecular complexity index is 508. The van der Waals surface area contributed by atoms with Crippen molar-refractivity contribution in [3.63, 3.8) is 0 Å². The maximum absolute atomic E-state index is 10.3. The lowest BCUT2D eigenvalue weighted by Gasteiger charge is -2.13. The number of rotatable bonds is 5. The van der Waals surface area contributed by atoms with E-state index in [1.54, 1.807) is 13.3 Å². The van der Waals surface area contributed by atoms with Gasteiger partial charge in [-0.15, -0.1) is 0 Å². The van der Waals surface area contributed by atoms with E-state index < -0.39 is 6.10 Å². The Kier molecular flexibility index (Phi) is 3.99. The average Bonchev–Trinajstić information content (AvgIpc) is 2.86. The molecule has 1 unspecified atom stereocenters. The summed E-state index contributed by atoms with van der Waals surface area (Å²) in [4.78, 5) is 0. The second-order valence-corrected chi connectivity index (χ2v) is 4.17. The number of benzene rings is 1. The molecule has 4 heteroatoms. The van der Waals surface area contributed by atoms with Crippen molar-refractivity contribution in [2.45, 2.75) is 26.0 Å². The number of aromatic nitrogens is 2. The lowest BCUT2D eigenvalue weighted by atomic mass is 10.0. The molecule has 0 saturated heterocycles. The summed E-state index contributed by atoms with van der Waals surface area (Å²) in [5, 5.41) is 14.4. The van der Waals surface area contributed by atoms with Crippen molar-refractivity contribution >= 4 is 0 Å². The summed E-state index contributed by atoms with van der Waals surface area (Å²) in [6.45, 7) is 2.87. The van der Waals surface area contributed by atoms with E-state index in [0.29, 0.717) is 12.2 Å². The lowest BCUT2D eigenvalue weighted by Crippen LogP contribution is -2.03. The van der Waals surface area contributed by atoms with Crippen LogP contribution in [0.15, 0.2) is 36.7 Å². The molecule has 1 N–H and O–H groups in total.